The van der Waals surface area contributed by atoms with Gasteiger partial charge in [0.1, 0.15) is 11.0 Å². The molecule has 1 aromatic carbocycles. The summed E-state index contributed by atoms with van der Waals surface area (Å²) >= 11 is 3.15. The van der Waals surface area contributed by atoms with Crippen molar-refractivity contribution in [2.24, 2.45) is 5.92 Å². The van der Waals surface area contributed by atoms with Crippen LogP contribution in [-0.2, 0) is 19.7 Å². The molecule has 0 heterocycles. The molecule has 0 unspecified atom stereocenters. The van der Waals surface area contributed by atoms with Crippen molar-refractivity contribution in [1.29, 1.82) is 0 Å². The van der Waals surface area contributed by atoms with Crippen molar-refractivity contribution < 1.29 is 32.2 Å². The van der Waals surface area contributed by atoms with Gasteiger partial charge in [0, 0.05) is 4.47 Å². The molecule has 0 aliphatic heterocycles. The van der Waals surface area contributed by atoms with E-state index in [9.17, 15) is 22.8 Å². The van der Waals surface area contributed by atoms with Gasteiger partial charge in [-0.1, -0.05) is 15.9 Å². The molecular weight excluding hydrogens is 417 g/mol. The first-order valence-electron chi connectivity index (χ1n) is 8.10. The van der Waals surface area contributed by atoms with Crippen LogP contribution in [0.3, 0.4) is 0 Å². The Balaban J connectivity index is 2.55. The molecule has 0 aromatic heterocycles. The second-order valence-corrected chi connectivity index (χ2v) is 8.09. The summed E-state index contributed by atoms with van der Waals surface area (Å²) in [7, 11) is 0. The Morgan fingerprint density at radius 1 is 1.27 bits per heavy atom. The summed E-state index contributed by atoms with van der Waals surface area (Å²) in [6, 6.07) is 3.97. The summed E-state index contributed by atoms with van der Waals surface area (Å²) in [6.07, 6.45) is -5.18. The molecular formula is C18H20BrF3O4. The van der Waals surface area contributed by atoms with E-state index in [2.05, 4.69) is 15.9 Å². The second kappa shape index (κ2) is 6.87. The van der Waals surface area contributed by atoms with Crippen LogP contribution >= 0.6 is 15.9 Å². The fourth-order valence-electron chi connectivity index (χ4n) is 2.95. The average Bonchev–Trinajstić information content (AvgIpc) is 3.22. The number of hydrogen-bond acceptors (Lipinski definition) is 4. The SMILES string of the molecule is CCOC(=O)[C@@H]1C[C@@]1(c1cc(Br)ccc1C(=O)OC(C)(C)C)C(F)(F)F. The Bertz CT molecular complexity index is 724. The molecule has 4 nitrogen and oxygen atoms in total. The first-order valence-corrected chi connectivity index (χ1v) is 8.89. The molecule has 0 spiro atoms. The highest BCUT2D eigenvalue weighted by Gasteiger charge is 2.75. The number of benzene rings is 1. The molecule has 0 saturated heterocycles. The average molecular weight is 437 g/mol. The summed E-state index contributed by atoms with van der Waals surface area (Å²) < 4.78 is 52.3. The van der Waals surface area contributed by atoms with Gasteiger partial charge in [-0.2, -0.15) is 13.2 Å². The lowest BCUT2D eigenvalue weighted by atomic mass is 9.88. The van der Waals surface area contributed by atoms with E-state index in [-0.39, 0.29) is 17.7 Å². The van der Waals surface area contributed by atoms with Gasteiger partial charge in [-0.25, -0.2) is 4.79 Å². The fraction of sp³-hybridized carbons (Fsp3) is 0.556. The van der Waals surface area contributed by atoms with Crippen LogP contribution in [0.15, 0.2) is 22.7 Å². The van der Waals surface area contributed by atoms with E-state index in [4.69, 9.17) is 9.47 Å². The molecule has 1 saturated carbocycles. The van der Waals surface area contributed by atoms with Crippen molar-refractivity contribution in [2.75, 3.05) is 6.61 Å². The standard InChI is InChI=1S/C18H20BrF3O4/c1-5-25-15(24)13-9-17(13,18(20,21)22)12-8-10(19)6-7-11(12)14(23)26-16(2,3)4/h6-8,13H,5,9H2,1-4H3/t13-,17-/m0/s1. The molecule has 2 rings (SSSR count). The quantitative estimate of drug-likeness (QED) is 0.636. The van der Waals surface area contributed by atoms with E-state index < -0.39 is 41.5 Å². The molecule has 1 aliphatic carbocycles. The van der Waals surface area contributed by atoms with E-state index >= 15 is 0 Å². The molecule has 144 valence electrons. The molecule has 0 bridgehead atoms. The van der Waals surface area contributed by atoms with Crippen molar-refractivity contribution in [3.05, 3.63) is 33.8 Å². The summed E-state index contributed by atoms with van der Waals surface area (Å²) in [5.41, 5.74) is -3.79. The van der Waals surface area contributed by atoms with Crippen molar-refractivity contribution in [3.63, 3.8) is 0 Å². The lowest BCUT2D eigenvalue weighted by molar-refractivity contribution is -0.172. The smallest absolute Gasteiger partial charge is 0.399 e. The van der Waals surface area contributed by atoms with Gasteiger partial charge in [-0.05, 0) is 57.9 Å². The maximum Gasteiger partial charge on any atom is 0.399 e. The molecule has 1 aliphatic rings. The molecule has 0 radical (unpaired) electrons. The first-order chi connectivity index (χ1) is 11.8. The molecule has 1 aromatic rings. The van der Waals surface area contributed by atoms with E-state index in [1.165, 1.54) is 25.1 Å². The second-order valence-electron chi connectivity index (χ2n) is 7.17. The number of rotatable bonds is 4. The number of alkyl halides is 3. The number of ether oxygens (including phenoxy) is 2. The molecule has 0 amide bonds. The third-order valence-corrected chi connectivity index (χ3v) is 4.61. The van der Waals surface area contributed by atoms with Gasteiger partial charge in [0.05, 0.1) is 18.1 Å². The van der Waals surface area contributed by atoms with Gasteiger partial charge < -0.3 is 9.47 Å². The minimum Gasteiger partial charge on any atom is -0.466 e. The Morgan fingerprint density at radius 2 is 1.88 bits per heavy atom. The Morgan fingerprint density at radius 3 is 2.38 bits per heavy atom. The maximum absolute atomic E-state index is 14.0. The zero-order valence-corrected chi connectivity index (χ0v) is 16.5. The molecule has 1 fully saturated rings. The highest BCUT2D eigenvalue weighted by Crippen LogP contribution is 2.64. The predicted molar refractivity (Wildman–Crippen MR) is 91.8 cm³/mol. The van der Waals surface area contributed by atoms with Gasteiger partial charge in [0.25, 0.3) is 0 Å². The summed E-state index contributed by atoms with van der Waals surface area (Å²) in [5, 5.41) is 0. The monoisotopic (exact) mass is 436 g/mol. The third kappa shape index (κ3) is 3.89. The van der Waals surface area contributed by atoms with Crippen molar-refractivity contribution in [3.8, 4) is 0 Å². The zero-order valence-electron chi connectivity index (χ0n) is 14.9. The minimum atomic E-state index is -4.72. The highest BCUT2D eigenvalue weighted by atomic mass is 79.9. The van der Waals surface area contributed by atoms with Crippen LogP contribution in [0.2, 0.25) is 0 Å². The summed E-state index contributed by atoms with van der Waals surface area (Å²) in [6.45, 7) is 6.39. The highest BCUT2D eigenvalue weighted by molar-refractivity contribution is 9.10. The van der Waals surface area contributed by atoms with Crippen molar-refractivity contribution in [1.82, 2.24) is 0 Å². The number of carbonyl (C=O) groups excluding carboxylic acids is 2. The van der Waals surface area contributed by atoms with Gasteiger partial charge in [-0.3, -0.25) is 4.79 Å². The van der Waals surface area contributed by atoms with Crippen LogP contribution in [0, 0.1) is 5.92 Å². The Kier molecular flexibility index (Phi) is 5.48. The number of halogens is 4. The van der Waals surface area contributed by atoms with Crippen LogP contribution in [-0.4, -0.2) is 30.3 Å². The largest absolute Gasteiger partial charge is 0.466 e. The number of esters is 2. The van der Waals surface area contributed by atoms with Crippen LogP contribution in [0.5, 0.6) is 0 Å². The van der Waals surface area contributed by atoms with Gasteiger partial charge in [0.15, 0.2) is 0 Å². The Labute approximate surface area is 158 Å². The van der Waals surface area contributed by atoms with Crippen LogP contribution in [0.1, 0.15) is 50.0 Å². The number of hydrogen-bond donors (Lipinski definition) is 0. The molecule has 8 heteroatoms. The lowest BCUT2D eigenvalue weighted by Gasteiger charge is -2.25. The predicted octanol–water partition coefficient (Wildman–Crippen LogP) is 4.79. The van der Waals surface area contributed by atoms with Gasteiger partial charge in [-0.15, -0.1) is 0 Å². The first kappa shape index (κ1) is 20.7. The molecule has 0 N–H and O–H groups in total. The minimum absolute atomic E-state index is 0.0132. The number of carbonyl (C=O) groups is 2. The molecule has 2 atom stereocenters. The van der Waals surface area contributed by atoms with E-state index in [1.54, 1.807) is 20.8 Å². The zero-order chi connectivity index (χ0) is 19.9. The van der Waals surface area contributed by atoms with Crippen LogP contribution in [0.4, 0.5) is 13.2 Å². The third-order valence-electron chi connectivity index (χ3n) is 4.12. The summed E-state index contributed by atoms with van der Waals surface area (Å²) in [4.78, 5) is 24.5. The van der Waals surface area contributed by atoms with E-state index in [0.29, 0.717) is 4.47 Å². The van der Waals surface area contributed by atoms with Gasteiger partial charge >= 0.3 is 18.1 Å². The maximum atomic E-state index is 14.0. The molecule has 26 heavy (non-hydrogen) atoms. The van der Waals surface area contributed by atoms with Crippen LogP contribution in [0.25, 0.3) is 0 Å². The Hall–Kier alpha value is -1.57. The lowest BCUT2D eigenvalue weighted by Crippen LogP contribution is -2.35. The van der Waals surface area contributed by atoms with E-state index in [0.717, 1.165) is 0 Å². The topological polar surface area (TPSA) is 52.6 Å². The van der Waals surface area contributed by atoms with E-state index in [1.807, 2.05) is 0 Å². The van der Waals surface area contributed by atoms with Gasteiger partial charge in [0.2, 0.25) is 0 Å². The van der Waals surface area contributed by atoms with Crippen molar-refractivity contribution >= 4 is 27.9 Å². The summed E-state index contributed by atoms with van der Waals surface area (Å²) in [5.74, 6) is -3.16. The van der Waals surface area contributed by atoms with Crippen LogP contribution < -0.4 is 0 Å². The normalized spacial score (nSPS) is 22.7. The van der Waals surface area contributed by atoms with Crippen molar-refractivity contribution in [2.45, 2.75) is 51.3 Å². The fourth-order valence-corrected chi connectivity index (χ4v) is 3.31.